The number of hydrogen-bond acceptors (Lipinski definition) is 4. The van der Waals surface area contributed by atoms with Gasteiger partial charge in [0.1, 0.15) is 5.76 Å². The molecule has 1 aromatic rings. The van der Waals surface area contributed by atoms with E-state index in [1.807, 2.05) is 12.1 Å². The highest BCUT2D eigenvalue weighted by Crippen LogP contribution is 1.98. The fourth-order valence-corrected chi connectivity index (χ4v) is 1.51. The standard InChI is InChI=1S/C12H22N2O2/c1-3-14(8-10-15-2)7-6-13-11-12-5-4-9-16-12/h4-5,9,13H,3,6-8,10-11H2,1-2H3. The first kappa shape index (κ1) is 13.2. The average Bonchev–Trinajstić information content (AvgIpc) is 2.81. The Morgan fingerprint density at radius 2 is 2.31 bits per heavy atom. The topological polar surface area (TPSA) is 37.6 Å². The smallest absolute Gasteiger partial charge is 0.117 e. The molecule has 0 spiro atoms. The minimum absolute atomic E-state index is 0.798. The van der Waals surface area contributed by atoms with Crippen molar-refractivity contribution in [3.05, 3.63) is 24.2 Å². The molecule has 0 saturated heterocycles. The first-order valence-electron chi connectivity index (χ1n) is 5.81. The van der Waals surface area contributed by atoms with Crippen LogP contribution < -0.4 is 5.32 Å². The summed E-state index contributed by atoms with van der Waals surface area (Å²) in [6.45, 7) is 7.84. The molecule has 4 nitrogen and oxygen atoms in total. The van der Waals surface area contributed by atoms with E-state index in [2.05, 4.69) is 17.1 Å². The number of nitrogens with one attached hydrogen (secondary N) is 1. The van der Waals surface area contributed by atoms with Gasteiger partial charge in [0.2, 0.25) is 0 Å². The van der Waals surface area contributed by atoms with Crippen molar-refractivity contribution in [3.8, 4) is 0 Å². The summed E-state index contributed by atoms with van der Waals surface area (Å²) in [5.74, 6) is 0.986. The molecule has 0 atom stereocenters. The molecule has 0 unspecified atom stereocenters. The molecule has 1 aromatic heterocycles. The Labute approximate surface area is 97.6 Å². The van der Waals surface area contributed by atoms with Gasteiger partial charge in [0.25, 0.3) is 0 Å². The van der Waals surface area contributed by atoms with Crippen LogP contribution in [0.15, 0.2) is 22.8 Å². The predicted octanol–water partition coefficient (Wildman–Crippen LogP) is 1.34. The molecule has 0 fully saturated rings. The summed E-state index contributed by atoms with van der Waals surface area (Å²) in [5, 5.41) is 3.35. The maximum Gasteiger partial charge on any atom is 0.117 e. The van der Waals surface area contributed by atoms with Gasteiger partial charge in [-0.05, 0) is 18.7 Å². The zero-order chi connectivity index (χ0) is 11.6. The van der Waals surface area contributed by atoms with Crippen LogP contribution in [0, 0.1) is 0 Å². The van der Waals surface area contributed by atoms with Crippen LogP contribution in [0.1, 0.15) is 12.7 Å². The molecular formula is C12H22N2O2. The van der Waals surface area contributed by atoms with Gasteiger partial charge in [-0.2, -0.15) is 0 Å². The number of furan rings is 1. The number of hydrogen-bond donors (Lipinski definition) is 1. The first-order valence-corrected chi connectivity index (χ1v) is 5.81. The molecule has 0 saturated carbocycles. The summed E-state index contributed by atoms with van der Waals surface area (Å²) in [6.07, 6.45) is 1.70. The molecule has 0 aliphatic carbocycles. The number of nitrogens with zero attached hydrogens (tertiary/aromatic N) is 1. The Hall–Kier alpha value is -0.840. The fourth-order valence-electron chi connectivity index (χ4n) is 1.51. The van der Waals surface area contributed by atoms with Crippen molar-refractivity contribution < 1.29 is 9.15 Å². The van der Waals surface area contributed by atoms with Crippen LogP contribution in [0.3, 0.4) is 0 Å². The highest BCUT2D eigenvalue weighted by molar-refractivity contribution is 4.97. The molecule has 1 rings (SSSR count). The Morgan fingerprint density at radius 3 is 2.94 bits per heavy atom. The third kappa shape index (κ3) is 5.30. The fraction of sp³-hybridized carbons (Fsp3) is 0.667. The van der Waals surface area contributed by atoms with E-state index in [1.165, 1.54) is 0 Å². The Balaban J connectivity index is 2.04. The molecule has 0 aromatic carbocycles. The van der Waals surface area contributed by atoms with Gasteiger partial charge >= 0.3 is 0 Å². The van der Waals surface area contributed by atoms with E-state index in [0.29, 0.717) is 0 Å². The lowest BCUT2D eigenvalue weighted by atomic mass is 10.4. The van der Waals surface area contributed by atoms with Crippen LogP contribution in [0.5, 0.6) is 0 Å². The van der Waals surface area contributed by atoms with Gasteiger partial charge in [0.15, 0.2) is 0 Å². The van der Waals surface area contributed by atoms with Crippen molar-refractivity contribution >= 4 is 0 Å². The SMILES string of the molecule is CCN(CCNCc1ccco1)CCOC. The zero-order valence-corrected chi connectivity index (χ0v) is 10.2. The van der Waals surface area contributed by atoms with Crippen molar-refractivity contribution in [1.29, 1.82) is 0 Å². The van der Waals surface area contributed by atoms with E-state index < -0.39 is 0 Å². The van der Waals surface area contributed by atoms with Crippen LogP contribution >= 0.6 is 0 Å². The van der Waals surface area contributed by atoms with Gasteiger partial charge in [-0.25, -0.2) is 0 Å². The summed E-state index contributed by atoms with van der Waals surface area (Å²) in [4.78, 5) is 2.36. The van der Waals surface area contributed by atoms with E-state index in [1.54, 1.807) is 13.4 Å². The van der Waals surface area contributed by atoms with Crippen LogP contribution in [0.4, 0.5) is 0 Å². The average molecular weight is 226 g/mol. The minimum Gasteiger partial charge on any atom is -0.468 e. The van der Waals surface area contributed by atoms with Crippen LogP contribution in [-0.2, 0) is 11.3 Å². The molecule has 1 heterocycles. The summed E-state index contributed by atoms with van der Waals surface area (Å²) >= 11 is 0. The Bertz CT molecular complexity index is 250. The van der Waals surface area contributed by atoms with E-state index in [-0.39, 0.29) is 0 Å². The maximum absolute atomic E-state index is 5.24. The lowest BCUT2D eigenvalue weighted by Crippen LogP contribution is -2.34. The second kappa shape index (κ2) is 8.33. The van der Waals surface area contributed by atoms with Gasteiger partial charge in [-0.3, -0.25) is 0 Å². The van der Waals surface area contributed by atoms with Crippen LogP contribution in [-0.4, -0.2) is 44.8 Å². The number of methoxy groups -OCH3 is 1. The van der Waals surface area contributed by atoms with Gasteiger partial charge in [0, 0.05) is 26.7 Å². The lowest BCUT2D eigenvalue weighted by Gasteiger charge is -2.19. The summed E-state index contributed by atoms with van der Waals surface area (Å²) in [5.41, 5.74) is 0. The second-order valence-electron chi connectivity index (χ2n) is 3.68. The van der Waals surface area contributed by atoms with Crippen molar-refractivity contribution in [2.45, 2.75) is 13.5 Å². The van der Waals surface area contributed by atoms with Crippen molar-refractivity contribution in [1.82, 2.24) is 10.2 Å². The third-order valence-corrected chi connectivity index (χ3v) is 2.54. The lowest BCUT2D eigenvalue weighted by molar-refractivity contribution is 0.151. The first-order chi connectivity index (χ1) is 7.86. The normalized spacial score (nSPS) is 11.2. The third-order valence-electron chi connectivity index (χ3n) is 2.54. The molecule has 92 valence electrons. The largest absolute Gasteiger partial charge is 0.468 e. The van der Waals surface area contributed by atoms with Gasteiger partial charge in [-0.1, -0.05) is 6.92 Å². The number of rotatable bonds is 9. The van der Waals surface area contributed by atoms with Gasteiger partial charge in [-0.15, -0.1) is 0 Å². The molecular weight excluding hydrogens is 204 g/mol. The molecule has 1 N–H and O–H groups in total. The second-order valence-corrected chi connectivity index (χ2v) is 3.68. The van der Waals surface area contributed by atoms with E-state index in [4.69, 9.17) is 9.15 Å². The summed E-state index contributed by atoms with van der Waals surface area (Å²) in [6, 6.07) is 3.89. The molecule has 0 amide bonds. The monoisotopic (exact) mass is 226 g/mol. The van der Waals surface area contributed by atoms with Gasteiger partial charge in [0.05, 0.1) is 19.4 Å². The summed E-state index contributed by atoms with van der Waals surface area (Å²) in [7, 11) is 1.74. The van der Waals surface area contributed by atoms with E-state index >= 15 is 0 Å². The van der Waals surface area contributed by atoms with Crippen LogP contribution in [0.25, 0.3) is 0 Å². The zero-order valence-electron chi connectivity index (χ0n) is 10.2. The number of ether oxygens (including phenoxy) is 1. The Morgan fingerprint density at radius 1 is 1.44 bits per heavy atom. The molecule has 0 aliphatic heterocycles. The molecule has 0 aliphatic rings. The molecule has 0 bridgehead atoms. The minimum atomic E-state index is 0.798. The molecule has 4 heteroatoms. The maximum atomic E-state index is 5.24. The highest BCUT2D eigenvalue weighted by atomic mass is 16.5. The Kier molecular flexibility index (Phi) is 6.88. The van der Waals surface area contributed by atoms with Gasteiger partial charge < -0.3 is 19.4 Å². The molecule has 0 radical (unpaired) electrons. The van der Waals surface area contributed by atoms with E-state index in [0.717, 1.165) is 45.1 Å². The quantitative estimate of drug-likeness (QED) is 0.645. The summed E-state index contributed by atoms with van der Waals surface area (Å²) < 4.78 is 10.3. The van der Waals surface area contributed by atoms with Crippen molar-refractivity contribution in [2.75, 3.05) is 39.9 Å². The van der Waals surface area contributed by atoms with Crippen molar-refractivity contribution in [3.63, 3.8) is 0 Å². The molecule has 16 heavy (non-hydrogen) atoms. The number of likely N-dealkylation sites (N-methyl/N-ethyl adjacent to an activating group) is 1. The van der Waals surface area contributed by atoms with Crippen LogP contribution in [0.2, 0.25) is 0 Å². The van der Waals surface area contributed by atoms with Crippen molar-refractivity contribution in [2.24, 2.45) is 0 Å². The predicted molar refractivity (Wildman–Crippen MR) is 64.4 cm³/mol. The van der Waals surface area contributed by atoms with E-state index in [9.17, 15) is 0 Å². The highest BCUT2D eigenvalue weighted by Gasteiger charge is 2.01.